The van der Waals surface area contributed by atoms with Crippen molar-refractivity contribution in [2.24, 2.45) is 11.8 Å². The molecule has 1 saturated carbocycles. The minimum atomic E-state index is -4.88. The Morgan fingerprint density at radius 2 is 1.56 bits per heavy atom. The second-order valence-electron chi connectivity index (χ2n) is 8.67. The van der Waals surface area contributed by atoms with E-state index in [1.807, 2.05) is 30.3 Å². The first kappa shape index (κ1) is 22.3. The first-order valence-electron chi connectivity index (χ1n) is 11.1. The zero-order valence-corrected chi connectivity index (χ0v) is 17.8. The minimum absolute atomic E-state index is 0.0815. The van der Waals surface area contributed by atoms with Crippen LogP contribution in [0.3, 0.4) is 0 Å². The molecule has 0 radical (unpaired) electrons. The second kappa shape index (κ2) is 9.31. The quantitative estimate of drug-likeness (QED) is 0.376. The number of carbonyl (C=O) groups excluding carboxylic acids is 2. The van der Waals surface area contributed by atoms with Crippen LogP contribution in [0, 0.1) is 11.8 Å². The molecule has 1 aliphatic carbocycles. The van der Waals surface area contributed by atoms with Crippen molar-refractivity contribution < 1.29 is 22.8 Å². The van der Waals surface area contributed by atoms with Crippen LogP contribution in [0.15, 0.2) is 60.8 Å². The van der Waals surface area contributed by atoms with E-state index in [0.29, 0.717) is 23.4 Å². The second-order valence-corrected chi connectivity index (χ2v) is 8.67. The van der Waals surface area contributed by atoms with Gasteiger partial charge in [0, 0.05) is 35.1 Å². The number of alkyl halides is 3. The largest absolute Gasteiger partial charge is 0.454 e. The van der Waals surface area contributed by atoms with Gasteiger partial charge in [0.2, 0.25) is 0 Å². The van der Waals surface area contributed by atoms with Crippen molar-refractivity contribution in [3.63, 3.8) is 0 Å². The lowest BCUT2D eigenvalue weighted by Crippen LogP contribution is -2.22. The number of Topliss-reactive ketones (excluding diaryl/α,β-unsaturated/α-hetero) is 2. The standard InChI is InChI=1S/C26H26F3NO2/c27-26(28,29)25(32)22-17-30(23-11-5-4-10-21(22)23)16-6-7-18-12-14-20(15-13-18)24(31)19-8-2-1-3-9-19/h1-5,8-11,17-18,20H,6-7,12-16H2. The fourth-order valence-electron chi connectivity index (χ4n) is 4.87. The Kier molecular flexibility index (Phi) is 6.49. The Hall–Kier alpha value is -2.89. The Labute approximate surface area is 185 Å². The van der Waals surface area contributed by atoms with Crippen molar-refractivity contribution in [3.05, 3.63) is 71.9 Å². The summed E-state index contributed by atoms with van der Waals surface area (Å²) in [5.41, 5.74) is 1.14. The Balaban J connectivity index is 1.34. The fourth-order valence-corrected chi connectivity index (χ4v) is 4.87. The van der Waals surface area contributed by atoms with Gasteiger partial charge in [-0.1, -0.05) is 48.5 Å². The van der Waals surface area contributed by atoms with Crippen LogP contribution in [0.4, 0.5) is 13.2 Å². The molecule has 1 aliphatic rings. The van der Waals surface area contributed by atoms with Gasteiger partial charge >= 0.3 is 6.18 Å². The number of fused-ring (bicyclic) bond motifs is 1. The van der Waals surface area contributed by atoms with E-state index in [4.69, 9.17) is 0 Å². The molecule has 2 aromatic carbocycles. The monoisotopic (exact) mass is 441 g/mol. The maximum atomic E-state index is 13.0. The molecule has 3 aromatic rings. The van der Waals surface area contributed by atoms with Crippen LogP contribution in [0.25, 0.3) is 10.9 Å². The van der Waals surface area contributed by atoms with E-state index in [0.717, 1.165) is 44.1 Å². The summed E-state index contributed by atoms with van der Waals surface area (Å²) in [7, 11) is 0. The topological polar surface area (TPSA) is 39.1 Å². The van der Waals surface area contributed by atoms with Gasteiger partial charge in [0.05, 0.1) is 5.56 Å². The van der Waals surface area contributed by atoms with Gasteiger partial charge in [-0.15, -0.1) is 0 Å². The normalized spacial score (nSPS) is 19.2. The number of nitrogens with zero attached hydrogens (tertiary/aromatic N) is 1. The van der Waals surface area contributed by atoms with Gasteiger partial charge in [-0.3, -0.25) is 9.59 Å². The summed E-state index contributed by atoms with van der Waals surface area (Å²) in [5.74, 6) is -0.968. The highest BCUT2D eigenvalue weighted by atomic mass is 19.4. The molecular formula is C26H26F3NO2. The van der Waals surface area contributed by atoms with Crippen LogP contribution in [-0.4, -0.2) is 22.3 Å². The van der Waals surface area contributed by atoms with Crippen molar-refractivity contribution >= 4 is 22.5 Å². The number of hydrogen-bond acceptors (Lipinski definition) is 2. The van der Waals surface area contributed by atoms with Gasteiger partial charge in [0.1, 0.15) is 0 Å². The molecule has 6 heteroatoms. The van der Waals surface area contributed by atoms with Crippen LogP contribution in [-0.2, 0) is 6.54 Å². The predicted molar refractivity (Wildman–Crippen MR) is 118 cm³/mol. The molecule has 0 bridgehead atoms. The van der Waals surface area contributed by atoms with Gasteiger partial charge in [-0.05, 0) is 50.5 Å². The molecule has 32 heavy (non-hydrogen) atoms. The average molecular weight is 441 g/mol. The number of para-hydroxylation sites is 1. The summed E-state index contributed by atoms with van der Waals surface area (Å²) in [6, 6.07) is 16.2. The molecule has 1 aromatic heterocycles. The molecule has 168 valence electrons. The van der Waals surface area contributed by atoms with Gasteiger partial charge in [-0.2, -0.15) is 13.2 Å². The van der Waals surface area contributed by atoms with E-state index in [2.05, 4.69) is 0 Å². The van der Waals surface area contributed by atoms with Crippen LogP contribution in [0.1, 0.15) is 59.2 Å². The van der Waals surface area contributed by atoms with Crippen LogP contribution in [0.5, 0.6) is 0 Å². The highest BCUT2D eigenvalue weighted by Gasteiger charge is 2.40. The van der Waals surface area contributed by atoms with E-state index in [9.17, 15) is 22.8 Å². The average Bonchev–Trinajstić information content (AvgIpc) is 3.17. The third-order valence-corrected chi connectivity index (χ3v) is 6.58. The molecule has 4 rings (SSSR count). The summed E-state index contributed by atoms with van der Waals surface area (Å²) in [6.07, 6.45) is 1.99. The molecule has 0 aliphatic heterocycles. The molecule has 1 fully saturated rings. The van der Waals surface area contributed by atoms with Crippen LogP contribution >= 0.6 is 0 Å². The van der Waals surface area contributed by atoms with Crippen molar-refractivity contribution in [2.45, 2.75) is 51.2 Å². The number of hydrogen-bond donors (Lipinski definition) is 0. The first-order chi connectivity index (χ1) is 15.3. The van der Waals surface area contributed by atoms with Crippen molar-refractivity contribution in [2.75, 3.05) is 0 Å². The lowest BCUT2D eigenvalue weighted by molar-refractivity contribution is -0.0884. The van der Waals surface area contributed by atoms with Gasteiger partial charge in [0.15, 0.2) is 5.78 Å². The van der Waals surface area contributed by atoms with E-state index in [1.54, 1.807) is 28.8 Å². The predicted octanol–water partition coefficient (Wildman–Crippen LogP) is 6.86. The molecule has 0 amide bonds. The van der Waals surface area contributed by atoms with E-state index in [-0.39, 0.29) is 17.3 Å². The summed E-state index contributed by atoms with van der Waals surface area (Å²) in [4.78, 5) is 24.5. The van der Waals surface area contributed by atoms with Crippen molar-refractivity contribution in [3.8, 4) is 0 Å². The number of carbonyl (C=O) groups is 2. The highest BCUT2D eigenvalue weighted by Crippen LogP contribution is 2.34. The summed E-state index contributed by atoms with van der Waals surface area (Å²) in [5, 5.41) is 0.342. The Bertz CT molecular complexity index is 1090. The van der Waals surface area contributed by atoms with Crippen molar-refractivity contribution in [1.29, 1.82) is 0 Å². The van der Waals surface area contributed by atoms with Crippen LogP contribution in [0.2, 0.25) is 0 Å². The molecule has 1 heterocycles. The molecular weight excluding hydrogens is 415 g/mol. The van der Waals surface area contributed by atoms with Gasteiger partial charge < -0.3 is 4.57 Å². The molecule has 0 unspecified atom stereocenters. The SMILES string of the molecule is O=C(c1ccccc1)C1CCC(CCCn2cc(C(=O)C(F)(F)F)c3ccccc32)CC1. The molecule has 0 spiro atoms. The van der Waals surface area contributed by atoms with E-state index in [1.165, 1.54) is 6.20 Å². The third-order valence-electron chi connectivity index (χ3n) is 6.58. The van der Waals surface area contributed by atoms with E-state index < -0.39 is 12.0 Å². The first-order valence-corrected chi connectivity index (χ1v) is 11.1. The lowest BCUT2D eigenvalue weighted by Gasteiger charge is -2.27. The van der Waals surface area contributed by atoms with Gasteiger partial charge in [-0.25, -0.2) is 0 Å². The van der Waals surface area contributed by atoms with Crippen molar-refractivity contribution in [1.82, 2.24) is 4.57 Å². The number of aryl methyl sites for hydroxylation is 1. The number of halogens is 3. The maximum Gasteiger partial charge on any atom is 0.454 e. The summed E-state index contributed by atoms with van der Waals surface area (Å²) < 4.78 is 40.7. The lowest BCUT2D eigenvalue weighted by atomic mass is 9.77. The minimum Gasteiger partial charge on any atom is -0.347 e. The smallest absolute Gasteiger partial charge is 0.347 e. The fraction of sp³-hybridized carbons (Fsp3) is 0.385. The zero-order chi connectivity index (χ0) is 22.7. The van der Waals surface area contributed by atoms with E-state index >= 15 is 0 Å². The number of ketones is 2. The van der Waals surface area contributed by atoms with Gasteiger partial charge in [0.25, 0.3) is 5.78 Å². The molecule has 0 saturated heterocycles. The van der Waals surface area contributed by atoms with Crippen LogP contribution < -0.4 is 0 Å². The zero-order valence-electron chi connectivity index (χ0n) is 17.8. The number of rotatable bonds is 7. The number of benzene rings is 2. The Morgan fingerprint density at radius 3 is 2.25 bits per heavy atom. The number of aromatic nitrogens is 1. The summed E-state index contributed by atoms with van der Waals surface area (Å²) >= 11 is 0. The Morgan fingerprint density at radius 1 is 0.906 bits per heavy atom. The maximum absolute atomic E-state index is 13.0. The third kappa shape index (κ3) is 4.79. The molecule has 0 atom stereocenters. The molecule has 0 N–H and O–H groups in total. The highest BCUT2D eigenvalue weighted by molar-refractivity contribution is 6.10. The summed E-state index contributed by atoms with van der Waals surface area (Å²) in [6.45, 7) is 0.564. The molecule has 3 nitrogen and oxygen atoms in total.